The van der Waals surface area contributed by atoms with Crippen molar-refractivity contribution in [3.63, 3.8) is 0 Å². The lowest BCUT2D eigenvalue weighted by Gasteiger charge is -2.27. The van der Waals surface area contributed by atoms with Gasteiger partial charge >= 0.3 is 0 Å². The lowest BCUT2D eigenvalue weighted by atomic mass is 9.87. The summed E-state index contributed by atoms with van der Waals surface area (Å²) in [5.41, 5.74) is 8.43. The summed E-state index contributed by atoms with van der Waals surface area (Å²) in [7, 11) is 0. The van der Waals surface area contributed by atoms with Gasteiger partial charge in [0.25, 0.3) is 0 Å². The zero-order chi connectivity index (χ0) is 14.6. The van der Waals surface area contributed by atoms with Gasteiger partial charge in [-0.2, -0.15) is 0 Å². The van der Waals surface area contributed by atoms with Gasteiger partial charge in [-0.3, -0.25) is 4.79 Å². The van der Waals surface area contributed by atoms with Gasteiger partial charge in [0, 0.05) is 11.1 Å². The van der Waals surface area contributed by atoms with Crippen molar-refractivity contribution < 1.29 is 4.79 Å². The summed E-state index contributed by atoms with van der Waals surface area (Å²) in [6.07, 6.45) is 0.812. The van der Waals surface area contributed by atoms with Crippen LogP contribution in [0.1, 0.15) is 51.3 Å². The molecule has 1 amide bonds. The second-order valence-electron chi connectivity index (χ2n) is 5.52. The van der Waals surface area contributed by atoms with Gasteiger partial charge in [0.1, 0.15) is 0 Å². The summed E-state index contributed by atoms with van der Waals surface area (Å²) in [5.74, 6) is -0.114. The molecular weight excluding hydrogens is 272 g/mol. The summed E-state index contributed by atoms with van der Waals surface area (Å²) >= 11 is 0. The predicted molar refractivity (Wildman–Crippen MR) is 86.9 cm³/mol. The largest absolute Gasteiger partial charge is 0.346 e. The Morgan fingerprint density at radius 2 is 1.95 bits per heavy atom. The van der Waals surface area contributed by atoms with Crippen LogP contribution in [0.4, 0.5) is 0 Å². The Hall–Kier alpha value is -1.32. The van der Waals surface area contributed by atoms with E-state index in [4.69, 9.17) is 5.73 Å². The molecule has 0 aromatic heterocycles. The number of rotatable bonds is 5. The molecule has 3 nitrogen and oxygen atoms in total. The van der Waals surface area contributed by atoms with Gasteiger partial charge in [-0.1, -0.05) is 37.8 Å². The van der Waals surface area contributed by atoms with Crippen LogP contribution < -0.4 is 11.1 Å². The summed E-state index contributed by atoms with van der Waals surface area (Å²) < 4.78 is 0. The van der Waals surface area contributed by atoms with Gasteiger partial charge in [0.05, 0.1) is 6.04 Å². The number of hydrogen-bond acceptors (Lipinski definition) is 2. The zero-order valence-electron chi connectivity index (χ0n) is 12.7. The van der Waals surface area contributed by atoms with E-state index in [0.717, 1.165) is 17.5 Å². The molecule has 0 aliphatic heterocycles. The highest BCUT2D eigenvalue weighted by molar-refractivity contribution is 5.92. The van der Waals surface area contributed by atoms with E-state index in [-0.39, 0.29) is 24.4 Å². The SMILES string of the molecule is C=C(C)C(=O)NC(CC)c1ccccc1C(C)(C)N.Cl. The normalized spacial score (nSPS) is 12.2. The molecule has 4 heteroatoms. The van der Waals surface area contributed by atoms with Crippen molar-refractivity contribution in [3.05, 3.63) is 47.5 Å². The van der Waals surface area contributed by atoms with Gasteiger partial charge in [-0.05, 0) is 38.3 Å². The number of carbonyl (C=O) groups is 1. The van der Waals surface area contributed by atoms with E-state index in [1.54, 1.807) is 6.92 Å². The van der Waals surface area contributed by atoms with Crippen LogP contribution in [0.2, 0.25) is 0 Å². The van der Waals surface area contributed by atoms with Crippen LogP contribution in [-0.4, -0.2) is 5.91 Å². The molecule has 112 valence electrons. The average molecular weight is 297 g/mol. The van der Waals surface area contributed by atoms with Crippen LogP contribution in [0.25, 0.3) is 0 Å². The van der Waals surface area contributed by atoms with E-state index in [0.29, 0.717) is 5.57 Å². The molecule has 20 heavy (non-hydrogen) atoms. The van der Waals surface area contributed by atoms with E-state index in [1.807, 2.05) is 45.0 Å². The second-order valence-corrected chi connectivity index (χ2v) is 5.52. The summed E-state index contributed by atoms with van der Waals surface area (Å²) in [5, 5.41) is 3.00. The van der Waals surface area contributed by atoms with Crippen LogP contribution >= 0.6 is 12.4 Å². The fourth-order valence-corrected chi connectivity index (χ4v) is 2.07. The molecule has 0 radical (unpaired) electrons. The number of carbonyl (C=O) groups excluding carboxylic acids is 1. The highest BCUT2D eigenvalue weighted by atomic mass is 35.5. The molecule has 0 saturated carbocycles. The molecule has 0 bridgehead atoms. The Balaban J connectivity index is 0.00000361. The molecule has 0 aliphatic carbocycles. The van der Waals surface area contributed by atoms with Crippen LogP contribution in [-0.2, 0) is 10.3 Å². The van der Waals surface area contributed by atoms with Gasteiger partial charge in [0.2, 0.25) is 5.91 Å². The van der Waals surface area contributed by atoms with E-state index in [1.165, 1.54) is 0 Å². The van der Waals surface area contributed by atoms with Gasteiger partial charge in [-0.15, -0.1) is 12.4 Å². The Kier molecular flexibility index (Phi) is 6.97. The number of hydrogen-bond donors (Lipinski definition) is 2. The fourth-order valence-electron chi connectivity index (χ4n) is 2.07. The van der Waals surface area contributed by atoms with E-state index >= 15 is 0 Å². The van der Waals surface area contributed by atoms with Crippen molar-refractivity contribution >= 4 is 18.3 Å². The Morgan fingerprint density at radius 3 is 2.40 bits per heavy atom. The minimum absolute atomic E-state index is 0. The van der Waals surface area contributed by atoms with Crippen LogP contribution in [0.5, 0.6) is 0 Å². The van der Waals surface area contributed by atoms with Crippen molar-refractivity contribution in [3.8, 4) is 0 Å². The first-order chi connectivity index (χ1) is 8.77. The Bertz CT molecular complexity index is 478. The van der Waals surface area contributed by atoms with Crippen molar-refractivity contribution in [2.45, 2.75) is 45.7 Å². The maximum absolute atomic E-state index is 11.8. The van der Waals surface area contributed by atoms with E-state index < -0.39 is 5.54 Å². The smallest absolute Gasteiger partial charge is 0.246 e. The fraction of sp³-hybridized carbons (Fsp3) is 0.438. The first-order valence-electron chi connectivity index (χ1n) is 6.62. The average Bonchev–Trinajstić information content (AvgIpc) is 2.34. The predicted octanol–water partition coefficient (Wildman–Crippen LogP) is 3.45. The second kappa shape index (κ2) is 7.46. The first kappa shape index (κ1) is 18.7. The highest BCUT2D eigenvalue weighted by Crippen LogP contribution is 2.28. The molecule has 0 fully saturated rings. The Labute approximate surface area is 128 Å². The summed E-state index contributed by atoms with van der Waals surface area (Å²) in [6, 6.07) is 7.95. The van der Waals surface area contributed by atoms with Crippen molar-refractivity contribution in [2.75, 3.05) is 0 Å². The van der Waals surface area contributed by atoms with Crippen LogP contribution in [0, 0.1) is 0 Å². The Morgan fingerprint density at radius 1 is 1.40 bits per heavy atom. The van der Waals surface area contributed by atoms with Gasteiger partial charge in [0.15, 0.2) is 0 Å². The molecule has 0 saturated heterocycles. The third-order valence-electron chi connectivity index (χ3n) is 3.13. The van der Waals surface area contributed by atoms with Crippen molar-refractivity contribution in [1.29, 1.82) is 0 Å². The lowest BCUT2D eigenvalue weighted by Crippen LogP contribution is -2.34. The molecule has 1 rings (SSSR count). The maximum Gasteiger partial charge on any atom is 0.246 e. The number of nitrogens with two attached hydrogens (primary N) is 1. The number of nitrogens with one attached hydrogen (secondary N) is 1. The minimum atomic E-state index is -0.433. The van der Waals surface area contributed by atoms with Gasteiger partial charge in [-0.25, -0.2) is 0 Å². The van der Waals surface area contributed by atoms with Crippen LogP contribution in [0.15, 0.2) is 36.4 Å². The highest BCUT2D eigenvalue weighted by Gasteiger charge is 2.23. The van der Waals surface area contributed by atoms with Crippen LogP contribution in [0.3, 0.4) is 0 Å². The standard InChI is InChI=1S/C16H24N2O.ClH/c1-6-14(18-15(19)11(2)3)12-9-7-8-10-13(12)16(4,5)17;/h7-10,14H,2,6,17H2,1,3-5H3,(H,18,19);1H. The van der Waals surface area contributed by atoms with E-state index in [2.05, 4.69) is 11.9 Å². The summed E-state index contributed by atoms with van der Waals surface area (Å²) in [4.78, 5) is 11.8. The third-order valence-corrected chi connectivity index (χ3v) is 3.13. The number of amides is 1. The maximum atomic E-state index is 11.8. The third kappa shape index (κ3) is 4.66. The molecule has 0 heterocycles. The quantitative estimate of drug-likeness (QED) is 0.818. The monoisotopic (exact) mass is 296 g/mol. The molecule has 1 aromatic carbocycles. The first-order valence-corrected chi connectivity index (χ1v) is 6.62. The lowest BCUT2D eigenvalue weighted by molar-refractivity contribution is -0.118. The summed E-state index contributed by atoms with van der Waals surface area (Å²) in [6.45, 7) is 11.4. The minimum Gasteiger partial charge on any atom is -0.346 e. The molecule has 1 unspecified atom stereocenters. The van der Waals surface area contributed by atoms with Crippen molar-refractivity contribution in [1.82, 2.24) is 5.32 Å². The molecule has 1 atom stereocenters. The molecular formula is C16H25ClN2O. The number of halogens is 1. The van der Waals surface area contributed by atoms with Crippen molar-refractivity contribution in [2.24, 2.45) is 5.73 Å². The molecule has 0 spiro atoms. The molecule has 0 aliphatic rings. The zero-order valence-corrected chi connectivity index (χ0v) is 13.5. The van der Waals surface area contributed by atoms with Gasteiger partial charge < -0.3 is 11.1 Å². The topological polar surface area (TPSA) is 55.1 Å². The molecule has 1 aromatic rings. The number of benzene rings is 1. The van der Waals surface area contributed by atoms with E-state index in [9.17, 15) is 4.79 Å². The molecule has 3 N–H and O–H groups in total.